The number of methoxy groups -OCH3 is 1. The Kier molecular flexibility index (Phi) is 4.87. The van der Waals surface area contributed by atoms with Crippen molar-refractivity contribution in [3.05, 3.63) is 28.8 Å². The first-order valence-corrected chi connectivity index (χ1v) is 6.78. The van der Waals surface area contributed by atoms with E-state index in [1.165, 1.54) is 5.56 Å². The van der Waals surface area contributed by atoms with E-state index in [1.807, 2.05) is 18.2 Å². The van der Waals surface area contributed by atoms with E-state index in [9.17, 15) is 0 Å². The summed E-state index contributed by atoms with van der Waals surface area (Å²) >= 11 is 6.01. The molecule has 0 saturated carbocycles. The number of ether oxygens (including phenoxy) is 2. The number of benzene rings is 1. The predicted molar refractivity (Wildman–Crippen MR) is 73.3 cm³/mol. The van der Waals surface area contributed by atoms with Crippen LogP contribution in [0.15, 0.2) is 18.2 Å². The Balaban J connectivity index is 2.28. The molecule has 100 valence electrons. The van der Waals surface area contributed by atoms with Gasteiger partial charge in [0.2, 0.25) is 0 Å². The lowest BCUT2D eigenvalue weighted by molar-refractivity contribution is 0.176. The van der Waals surface area contributed by atoms with Gasteiger partial charge in [0.25, 0.3) is 0 Å². The van der Waals surface area contributed by atoms with E-state index >= 15 is 0 Å². The van der Waals surface area contributed by atoms with Crippen molar-refractivity contribution in [1.29, 1.82) is 0 Å². The van der Waals surface area contributed by atoms with Crippen molar-refractivity contribution in [2.24, 2.45) is 5.92 Å². The van der Waals surface area contributed by atoms with Gasteiger partial charge >= 0.3 is 0 Å². The van der Waals surface area contributed by atoms with E-state index in [-0.39, 0.29) is 6.04 Å². The molecule has 1 aromatic carbocycles. The van der Waals surface area contributed by atoms with Crippen molar-refractivity contribution in [3.63, 3.8) is 0 Å². The zero-order valence-electron chi connectivity index (χ0n) is 10.9. The molecule has 2 rings (SSSR count). The molecule has 18 heavy (non-hydrogen) atoms. The molecular weight excluding hydrogens is 250 g/mol. The molecule has 1 saturated heterocycles. The van der Waals surface area contributed by atoms with Gasteiger partial charge in [-0.05, 0) is 25.1 Å². The maximum Gasteiger partial charge on any atom is 0.125 e. The van der Waals surface area contributed by atoms with Crippen LogP contribution in [0.4, 0.5) is 0 Å². The summed E-state index contributed by atoms with van der Waals surface area (Å²) < 4.78 is 10.9. The Morgan fingerprint density at radius 1 is 1.56 bits per heavy atom. The van der Waals surface area contributed by atoms with Crippen molar-refractivity contribution >= 4 is 11.6 Å². The van der Waals surface area contributed by atoms with E-state index in [1.54, 1.807) is 7.11 Å². The zero-order chi connectivity index (χ0) is 13.0. The summed E-state index contributed by atoms with van der Waals surface area (Å²) in [6, 6.07) is 6.10. The Hall–Kier alpha value is -0.770. The average Bonchev–Trinajstić information content (AvgIpc) is 2.90. The highest BCUT2D eigenvalue weighted by molar-refractivity contribution is 6.30. The zero-order valence-corrected chi connectivity index (χ0v) is 11.7. The van der Waals surface area contributed by atoms with Gasteiger partial charge in [-0.2, -0.15) is 0 Å². The van der Waals surface area contributed by atoms with Gasteiger partial charge in [-0.1, -0.05) is 24.6 Å². The van der Waals surface area contributed by atoms with Crippen LogP contribution in [-0.4, -0.2) is 26.9 Å². The van der Waals surface area contributed by atoms with Gasteiger partial charge in [-0.15, -0.1) is 0 Å². The predicted octanol–water partition coefficient (Wildman–Crippen LogP) is 3.04. The van der Waals surface area contributed by atoms with E-state index in [2.05, 4.69) is 12.2 Å². The second kappa shape index (κ2) is 6.41. The molecule has 1 aliphatic heterocycles. The molecule has 0 aromatic heterocycles. The first-order valence-electron chi connectivity index (χ1n) is 6.40. The smallest absolute Gasteiger partial charge is 0.125 e. The molecule has 3 nitrogen and oxygen atoms in total. The SMILES string of the molecule is CCNC(c1ccc(Cl)cc1OC)C1CCOC1. The van der Waals surface area contributed by atoms with Crippen LogP contribution in [0.5, 0.6) is 5.75 Å². The number of rotatable bonds is 5. The van der Waals surface area contributed by atoms with Gasteiger partial charge in [0.1, 0.15) is 5.75 Å². The van der Waals surface area contributed by atoms with E-state index in [4.69, 9.17) is 21.1 Å². The first kappa shape index (κ1) is 13.7. The molecule has 0 radical (unpaired) electrons. The third kappa shape index (κ3) is 2.97. The van der Waals surface area contributed by atoms with E-state index in [0.29, 0.717) is 10.9 Å². The molecule has 0 amide bonds. The normalized spacial score (nSPS) is 20.9. The maximum absolute atomic E-state index is 6.01. The van der Waals surface area contributed by atoms with Crippen LogP contribution in [-0.2, 0) is 4.74 Å². The number of hydrogen-bond donors (Lipinski definition) is 1. The Morgan fingerprint density at radius 2 is 2.39 bits per heavy atom. The third-order valence-corrected chi connectivity index (χ3v) is 3.63. The minimum atomic E-state index is 0.268. The quantitative estimate of drug-likeness (QED) is 0.891. The summed E-state index contributed by atoms with van der Waals surface area (Å²) in [6.45, 7) is 4.70. The van der Waals surface area contributed by atoms with Gasteiger partial charge in [0.15, 0.2) is 0 Å². The molecule has 0 spiro atoms. The highest BCUT2D eigenvalue weighted by Gasteiger charge is 2.28. The van der Waals surface area contributed by atoms with E-state index in [0.717, 1.165) is 31.9 Å². The van der Waals surface area contributed by atoms with Crippen LogP contribution in [0.25, 0.3) is 0 Å². The minimum Gasteiger partial charge on any atom is -0.496 e. The van der Waals surface area contributed by atoms with Gasteiger partial charge in [-0.3, -0.25) is 0 Å². The van der Waals surface area contributed by atoms with Gasteiger partial charge in [-0.25, -0.2) is 0 Å². The molecule has 1 fully saturated rings. The summed E-state index contributed by atoms with van der Waals surface area (Å²) in [5, 5.41) is 4.23. The number of nitrogens with one attached hydrogen (secondary N) is 1. The van der Waals surface area contributed by atoms with Gasteiger partial charge < -0.3 is 14.8 Å². The topological polar surface area (TPSA) is 30.5 Å². The monoisotopic (exact) mass is 269 g/mol. The summed E-state index contributed by atoms with van der Waals surface area (Å²) in [5.41, 5.74) is 1.17. The fraction of sp³-hybridized carbons (Fsp3) is 0.571. The number of halogens is 1. The lowest BCUT2D eigenvalue weighted by atomic mass is 9.91. The van der Waals surface area contributed by atoms with Crippen LogP contribution in [0.1, 0.15) is 24.9 Å². The molecule has 1 aliphatic rings. The fourth-order valence-electron chi connectivity index (χ4n) is 2.51. The molecule has 0 bridgehead atoms. The molecule has 2 unspecified atom stereocenters. The van der Waals surface area contributed by atoms with Gasteiger partial charge in [0.05, 0.1) is 13.7 Å². The Labute approximate surface area is 113 Å². The standard InChI is InChI=1S/C14H20ClNO2/c1-3-16-14(10-6-7-18-9-10)12-5-4-11(15)8-13(12)17-2/h4-5,8,10,14,16H,3,6-7,9H2,1-2H3. The number of hydrogen-bond acceptors (Lipinski definition) is 3. The van der Waals surface area contributed by atoms with Crippen molar-refractivity contribution in [2.75, 3.05) is 26.9 Å². The summed E-state index contributed by atoms with van der Waals surface area (Å²) in [4.78, 5) is 0. The van der Waals surface area contributed by atoms with Crippen molar-refractivity contribution < 1.29 is 9.47 Å². The highest BCUT2D eigenvalue weighted by atomic mass is 35.5. The molecule has 1 aromatic rings. The maximum atomic E-state index is 6.01. The van der Waals surface area contributed by atoms with Gasteiger partial charge in [0, 0.05) is 29.2 Å². The minimum absolute atomic E-state index is 0.268. The van der Waals surface area contributed by atoms with Crippen LogP contribution in [0.3, 0.4) is 0 Å². The molecule has 0 aliphatic carbocycles. The lowest BCUT2D eigenvalue weighted by Gasteiger charge is -2.25. The molecular formula is C14H20ClNO2. The van der Waals surface area contributed by atoms with Crippen molar-refractivity contribution in [3.8, 4) is 5.75 Å². The third-order valence-electron chi connectivity index (χ3n) is 3.39. The summed E-state index contributed by atoms with van der Waals surface area (Å²) in [5.74, 6) is 1.35. The summed E-state index contributed by atoms with van der Waals surface area (Å²) in [6.07, 6.45) is 1.09. The molecule has 1 heterocycles. The largest absolute Gasteiger partial charge is 0.496 e. The Morgan fingerprint density at radius 3 is 3.00 bits per heavy atom. The highest BCUT2D eigenvalue weighted by Crippen LogP contribution is 2.35. The Bertz CT molecular complexity index is 391. The molecule has 1 N–H and O–H groups in total. The molecule has 4 heteroatoms. The fourth-order valence-corrected chi connectivity index (χ4v) is 2.67. The van der Waals surface area contributed by atoms with Crippen LogP contribution < -0.4 is 10.1 Å². The second-order valence-corrected chi connectivity index (χ2v) is 4.98. The lowest BCUT2D eigenvalue weighted by Crippen LogP contribution is -2.29. The van der Waals surface area contributed by atoms with Crippen LogP contribution in [0.2, 0.25) is 5.02 Å². The van der Waals surface area contributed by atoms with Crippen LogP contribution in [0, 0.1) is 5.92 Å². The summed E-state index contributed by atoms with van der Waals surface area (Å²) in [7, 11) is 1.68. The average molecular weight is 270 g/mol. The van der Waals surface area contributed by atoms with E-state index < -0.39 is 0 Å². The van der Waals surface area contributed by atoms with Crippen LogP contribution >= 0.6 is 11.6 Å². The first-order chi connectivity index (χ1) is 8.76. The van der Waals surface area contributed by atoms with Crippen molar-refractivity contribution in [2.45, 2.75) is 19.4 Å². The van der Waals surface area contributed by atoms with Crippen molar-refractivity contribution in [1.82, 2.24) is 5.32 Å². The molecule has 2 atom stereocenters. The second-order valence-electron chi connectivity index (χ2n) is 4.55.